The zero-order valence-corrected chi connectivity index (χ0v) is 9.01. The smallest absolute Gasteiger partial charge is 0.0238 e. The van der Waals surface area contributed by atoms with Gasteiger partial charge in [0.25, 0.3) is 0 Å². The molecule has 1 rings (SSSR count). The van der Waals surface area contributed by atoms with Gasteiger partial charge in [-0.25, -0.2) is 0 Å². The van der Waals surface area contributed by atoms with Gasteiger partial charge < -0.3 is 0 Å². The first-order valence-corrected chi connectivity index (χ1v) is 5.02. The summed E-state index contributed by atoms with van der Waals surface area (Å²) in [7, 11) is 0. The Morgan fingerprint density at radius 1 is 1.46 bits per heavy atom. The fourth-order valence-electron chi connectivity index (χ4n) is 1.18. The van der Waals surface area contributed by atoms with E-state index in [-0.39, 0.29) is 0 Å². The molecule has 13 heavy (non-hydrogen) atoms. The van der Waals surface area contributed by atoms with Crippen LogP contribution in [0, 0.1) is 0 Å². The van der Waals surface area contributed by atoms with Crippen molar-refractivity contribution in [3.63, 3.8) is 0 Å². The van der Waals surface area contributed by atoms with Gasteiger partial charge >= 0.3 is 0 Å². The van der Waals surface area contributed by atoms with Crippen molar-refractivity contribution in [1.29, 1.82) is 0 Å². The minimum absolute atomic E-state index is 1.14. The molecular weight excluding hydrogens is 156 g/mol. The SMILES string of the molecule is C=C(/C=C\C)C1=CC=CCC1.CC. The molecule has 0 bridgehead atoms. The van der Waals surface area contributed by atoms with Crippen LogP contribution in [-0.2, 0) is 0 Å². The Labute approximate surface area is 82.4 Å². The van der Waals surface area contributed by atoms with Gasteiger partial charge in [-0.3, -0.25) is 0 Å². The first-order valence-electron chi connectivity index (χ1n) is 5.02. The molecule has 0 heterocycles. The van der Waals surface area contributed by atoms with Gasteiger partial charge in [0.1, 0.15) is 0 Å². The molecule has 0 aliphatic heterocycles. The van der Waals surface area contributed by atoms with Gasteiger partial charge in [-0.1, -0.05) is 50.8 Å². The van der Waals surface area contributed by atoms with Crippen LogP contribution in [0.5, 0.6) is 0 Å². The Morgan fingerprint density at radius 3 is 2.62 bits per heavy atom. The zero-order chi connectivity index (χ0) is 10.1. The molecule has 0 amide bonds. The van der Waals surface area contributed by atoms with Gasteiger partial charge in [-0.05, 0) is 30.9 Å². The molecule has 0 N–H and O–H groups in total. The predicted molar refractivity (Wildman–Crippen MR) is 61.8 cm³/mol. The summed E-state index contributed by atoms with van der Waals surface area (Å²) in [6, 6.07) is 0. The van der Waals surface area contributed by atoms with Crippen molar-refractivity contribution in [2.75, 3.05) is 0 Å². The molecule has 1 aliphatic rings. The number of rotatable bonds is 2. The summed E-state index contributed by atoms with van der Waals surface area (Å²) in [6.07, 6.45) is 12.8. The highest BCUT2D eigenvalue weighted by Gasteiger charge is 1.99. The van der Waals surface area contributed by atoms with Gasteiger partial charge in [0.15, 0.2) is 0 Å². The number of hydrogen-bond acceptors (Lipinski definition) is 0. The number of allylic oxidation sites excluding steroid dienone is 7. The van der Waals surface area contributed by atoms with Crippen LogP contribution < -0.4 is 0 Å². The molecule has 0 saturated carbocycles. The lowest BCUT2D eigenvalue weighted by molar-refractivity contribution is 0.979. The molecule has 0 fully saturated rings. The molecule has 0 aromatic carbocycles. The minimum Gasteiger partial charge on any atom is -0.0915 e. The molecule has 0 aromatic heterocycles. The van der Waals surface area contributed by atoms with Crippen LogP contribution in [0.25, 0.3) is 0 Å². The minimum atomic E-state index is 1.14. The summed E-state index contributed by atoms with van der Waals surface area (Å²) in [5, 5.41) is 0. The maximum Gasteiger partial charge on any atom is -0.0238 e. The molecule has 0 nitrogen and oxygen atoms in total. The molecular formula is C13H20. The quantitative estimate of drug-likeness (QED) is 0.546. The lowest BCUT2D eigenvalue weighted by atomic mass is 9.98. The summed E-state index contributed by atoms with van der Waals surface area (Å²) >= 11 is 0. The third-order valence-corrected chi connectivity index (χ3v) is 1.79. The third-order valence-electron chi connectivity index (χ3n) is 1.79. The van der Waals surface area contributed by atoms with Crippen LogP contribution in [-0.4, -0.2) is 0 Å². The van der Waals surface area contributed by atoms with E-state index >= 15 is 0 Å². The Hall–Kier alpha value is -1.04. The molecule has 0 heteroatoms. The van der Waals surface area contributed by atoms with Crippen molar-refractivity contribution >= 4 is 0 Å². The van der Waals surface area contributed by atoms with Crippen molar-refractivity contribution in [3.05, 3.63) is 48.1 Å². The van der Waals surface area contributed by atoms with Crippen LogP contribution >= 0.6 is 0 Å². The van der Waals surface area contributed by atoms with Crippen LogP contribution in [0.1, 0.15) is 33.6 Å². The van der Waals surface area contributed by atoms with Gasteiger partial charge in [-0.2, -0.15) is 0 Å². The molecule has 0 radical (unpaired) electrons. The van der Waals surface area contributed by atoms with Crippen LogP contribution in [0.15, 0.2) is 48.1 Å². The van der Waals surface area contributed by atoms with Crippen molar-refractivity contribution < 1.29 is 0 Å². The van der Waals surface area contributed by atoms with E-state index in [0.717, 1.165) is 18.4 Å². The summed E-state index contributed by atoms with van der Waals surface area (Å²) < 4.78 is 0. The van der Waals surface area contributed by atoms with E-state index in [1.165, 1.54) is 5.57 Å². The first kappa shape index (κ1) is 12.0. The standard InChI is InChI=1S/C11H14.C2H6/c1-3-7-10(2)11-8-5-4-6-9-11;1-2/h3-5,7-8H,2,6,9H2,1H3;1-2H3/b7-3-;. The fourth-order valence-corrected chi connectivity index (χ4v) is 1.18. The summed E-state index contributed by atoms with van der Waals surface area (Å²) in [5.41, 5.74) is 2.52. The maximum atomic E-state index is 3.98. The Kier molecular flexibility index (Phi) is 6.99. The zero-order valence-electron chi connectivity index (χ0n) is 9.01. The topological polar surface area (TPSA) is 0 Å². The second-order valence-electron chi connectivity index (χ2n) is 2.68. The largest absolute Gasteiger partial charge is 0.0915 e. The lowest BCUT2D eigenvalue weighted by Gasteiger charge is -2.07. The van der Waals surface area contributed by atoms with Crippen LogP contribution in [0.3, 0.4) is 0 Å². The Bertz CT molecular complexity index is 226. The highest BCUT2D eigenvalue weighted by atomic mass is 14.0. The normalized spacial score (nSPS) is 14.8. The van der Waals surface area contributed by atoms with Crippen LogP contribution in [0.4, 0.5) is 0 Å². The van der Waals surface area contributed by atoms with Crippen LogP contribution in [0.2, 0.25) is 0 Å². The van der Waals surface area contributed by atoms with E-state index in [0.29, 0.717) is 0 Å². The molecule has 0 atom stereocenters. The Morgan fingerprint density at radius 2 is 2.15 bits per heavy atom. The first-order chi connectivity index (χ1) is 6.34. The average molecular weight is 176 g/mol. The van der Waals surface area contributed by atoms with Gasteiger partial charge in [0, 0.05) is 0 Å². The molecule has 1 aliphatic carbocycles. The van der Waals surface area contributed by atoms with E-state index in [9.17, 15) is 0 Å². The van der Waals surface area contributed by atoms with E-state index in [1.807, 2.05) is 26.8 Å². The average Bonchev–Trinajstić information content (AvgIpc) is 2.23. The highest BCUT2D eigenvalue weighted by molar-refractivity contribution is 5.40. The summed E-state index contributed by atoms with van der Waals surface area (Å²) in [5.74, 6) is 0. The predicted octanol–water partition coefficient (Wildman–Crippen LogP) is 4.42. The summed E-state index contributed by atoms with van der Waals surface area (Å²) in [6.45, 7) is 10.00. The molecule has 0 spiro atoms. The Balaban J connectivity index is 0.000000671. The third kappa shape index (κ3) is 4.51. The van der Waals surface area contributed by atoms with Gasteiger partial charge in [0.2, 0.25) is 0 Å². The van der Waals surface area contributed by atoms with Gasteiger partial charge in [-0.15, -0.1) is 0 Å². The lowest BCUT2D eigenvalue weighted by Crippen LogP contribution is -1.88. The van der Waals surface area contributed by atoms with E-state index in [2.05, 4.69) is 30.9 Å². The molecule has 0 aromatic rings. The highest BCUT2D eigenvalue weighted by Crippen LogP contribution is 2.19. The van der Waals surface area contributed by atoms with Gasteiger partial charge in [0.05, 0.1) is 0 Å². The molecule has 72 valence electrons. The van der Waals surface area contributed by atoms with E-state index in [4.69, 9.17) is 0 Å². The second-order valence-corrected chi connectivity index (χ2v) is 2.68. The van der Waals surface area contributed by atoms with Crippen molar-refractivity contribution in [2.24, 2.45) is 0 Å². The van der Waals surface area contributed by atoms with Crippen molar-refractivity contribution in [1.82, 2.24) is 0 Å². The summed E-state index contributed by atoms with van der Waals surface area (Å²) in [4.78, 5) is 0. The van der Waals surface area contributed by atoms with Crippen molar-refractivity contribution in [2.45, 2.75) is 33.6 Å². The maximum absolute atomic E-state index is 3.98. The fraction of sp³-hybridized carbons (Fsp3) is 0.385. The number of hydrogen-bond donors (Lipinski definition) is 0. The van der Waals surface area contributed by atoms with E-state index in [1.54, 1.807) is 0 Å². The molecule has 0 saturated heterocycles. The van der Waals surface area contributed by atoms with E-state index < -0.39 is 0 Å². The monoisotopic (exact) mass is 176 g/mol. The van der Waals surface area contributed by atoms with Crippen molar-refractivity contribution in [3.8, 4) is 0 Å². The second kappa shape index (κ2) is 7.60. The molecule has 0 unspecified atom stereocenters.